The lowest BCUT2D eigenvalue weighted by Gasteiger charge is -2.20. The third-order valence-corrected chi connectivity index (χ3v) is 3.18. The molecule has 1 heterocycles. The van der Waals surface area contributed by atoms with E-state index in [1.165, 1.54) is 5.56 Å². The molecule has 0 amide bonds. The lowest BCUT2D eigenvalue weighted by Crippen LogP contribution is -2.11. The van der Waals surface area contributed by atoms with Crippen molar-refractivity contribution in [2.24, 2.45) is 0 Å². The van der Waals surface area contributed by atoms with E-state index in [9.17, 15) is 0 Å². The minimum absolute atomic E-state index is 0.112. The smallest absolute Gasteiger partial charge is 0.0835 e. The predicted octanol–water partition coefficient (Wildman–Crippen LogP) is 4.13. The summed E-state index contributed by atoms with van der Waals surface area (Å²) in [5.41, 5.74) is 3.36. The maximum absolute atomic E-state index is 6.34. The molecule has 2 nitrogen and oxygen atoms in total. The van der Waals surface area contributed by atoms with Crippen LogP contribution in [0.4, 0.5) is 0 Å². The zero-order chi connectivity index (χ0) is 12.6. The van der Waals surface area contributed by atoms with Crippen LogP contribution in [0.15, 0.2) is 30.5 Å². The fourth-order valence-corrected chi connectivity index (χ4v) is 2.03. The van der Waals surface area contributed by atoms with Crippen molar-refractivity contribution in [1.82, 2.24) is 9.78 Å². The lowest BCUT2D eigenvalue weighted by atomic mass is 9.87. The number of benzene rings is 1. The molecule has 1 aromatic carbocycles. The SMILES string of the molecule is Cc1ccnn1-c1ccc(C(C)(C)C)cc1Cl. The Morgan fingerprint density at radius 2 is 1.88 bits per heavy atom. The first kappa shape index (κ1) is 12.2. The highest BCUT2D eigenvalue weighted by atomic mass is 35.5. The van der Waals surface area contributed by atoms with Crippen LogP contribution in [0.1, 0.15) is 32.0 Å². The number of nitrogens with zero attached hydrogens (tertiary/aromatic N) is 2. The summed E-state index contributed by atoms with van der Waals surface area (Å²) >= 11 is 6.34. The van der Waals surface area contributed by atoms with Crippen molar-refractivity contribution in [2.45, 2.75) is 33.1 Å². The standard InChI is InChI=1S/C14H17ClN2/c1-10-7-8-16-17(10)13-6-5-11(9-12(13)15)14(2,3)4/h5-9H,1-4H3. The van der Waals surface area contributed by atoms with Gasteiger partial charge in [-0.15, -0.1) is 0 Å². The molecule has 0 saturated carbocycles. The van der Waals surface area contributed by atoms with E-state index in [-0.39, 0.29) is 5.41 Å². The average Bonchev–Trinajstić information content (AvgIpc) is 2.63. The summed E-state index contributed by atoms with van der Waals surface area (Å²) in [7, 11) is 0. The van der Waals surface area contributed by atoms with Gasteiger partial charge in [-0.25, -0.2) is 4.68 Å². The van der Waals surface area contributed by atoms with Crippen LogP contribution in [-0.2, 0) is 5.41 Å². The Balaban J connectivity index is 2.50. The molecule has 0 bridgehead atoms. The molecule has 0 aliphatic carbocycles. The van der Waals surface area contributed by atoms with Gasteiger partial charge in [-0.2, -0.15) is 5.10 Å². The van der Waals surface area contributed by atoms with Gasteiger partial charge < -0.3 is 0 Å². The van der Waals surface area contributed by atoms with E-state index in [1.54, 1.807) is 6.20 Å². The predicted molar refractivity (Wildman–Crippen MR) is 72.0 cm³/mol. The second kappa shape index (κ2) is 4.19. The summed E-state index contributed by atoms with van der Waals surface area (Å²) in [5, 5.41) is 5.01. The van der Waals surface area contributed by atoms with Crippen LogP contribution in [0.5, 0.6) is 0 Å². The summed E-state index contributed by atoms with van der Waals surface area (Å²) in [4.78, 5) is 0. The molecule has 0 unspecified atom stereocenters. The van der Waals surface area contributed by atoms with Crippen molar-refractivity contribution in [3.63, 3.8) is 0 Å². The van der Waals surface area contributed by atoms with Gasteiger partial charge in [0, 0.05) is 11.9 Å². The molecule has 0 spiro atoms. The van der Waals surface area contributed by atoms with Crippen molar-refractivity contribution in [3.05, 3.63) is 46.7 Å². The topological polar surface area (TPSA) is 17.8 Å². The van der Waals surface area contributed by atoms with Crippen LogP contribution in [0, 0.1) is 6.92 Å². The Labute approximate surface area is 107 Å². The molecule has 0 aliphatic heterocycles. The number of aryl methyl sites for hydroxylation is 1. The van der Waals surface area contributed by atoms with Crippen LogP contribution in [0.2, 0.25) is 5.02 Å². The molecule has 0 N–H and O–H groups in total. The quantitative estimate of drug-likeness (QED) is 0.742. The van der Waals surface area contributed by atoms with Crippen LogP contribution in [0.3, 0.4) is 0 Å². The van der Waals surface area contributed by atoms with Crippen molar-refractivity contribution in [3.8, 4) is 5.69 Å². The number of hydrogen-bond acceptors (Lipinski definition) is 1. The highest BCUT2D eigenvalue weighted by Gasteiger charge is 2.15. The molecule has 3 heteroatoms. The maximum atomic E-state index is 6.34. The van der Waals surface area contributed by atoms with E-state index < -0.39 is 0 Å². The molecule has 0 radical (unpaired) electrons. The van der Waals surface area contributed by atoms with Gasteiger partial charge >= 0.3 is 0 Å². The number of rotatable bonds is 1. The molecule has 17 heavy (non-hydrogen) atoms. The molecule has 0 aliphatic rings. The monoisotopic (exact) mass is 248 g/mol. The van der Waals surface area contributed by atoms with Crippen LogP contribution in [0.25, 0.3) is 5.69 Å². The molecule has 0 atom stereocenters. The molecule has 2 rings (SSSR count). The lowest BCUT2D eigenvalue weighted by molar-refractivity contribution is 0.590. The van der Waals surface area contributed by atoms with Crippen molar-refractivity contribution < 1.29 is 0 Å². The van der Waals surface area contributed by atoms with E-state index in [2.05, 4.69) is 31.9 Å². The Kier molecular flexibility index (Phi) is 3.00. The average molecular weight is 249 g/mol. The molecule has 90 valence electrons. The third-order valence-electron chi connectivity index (χ3n) is 2.87. The Morgan fingerprint density at radius 1 is 1.18 bits per heavy atom. The molecule has 2 aromatic rings. The van der Waals surface area contributed by atoms with Crippen LogP contribution in [-0.4, -0.2) is 9.78 Å². The van der Waals surface area contributed by atoms with Gasteiger partial charge in [0.05, 0.1) is 10.7 Å². The summed E-state index contributed by atoms with van der Waals surface area (Å²) in [6, 6.07) is 8.14. The summed E-state index contributed by atoms with van der Waals surface area (Å²) in [6.45, 7) is 8.55. The van der Waals surface area contributed by atoms with Gasteiger partial charge in [0.1, 0.15) is 0 Å². The molecule has 1 aromatic heterocycles. The van der Waals surface area contributed by atoms with E-state index in [4.69, 9.17) is 11.6 Å². The summed E-state index contributed by atoms with van der Waals surface area (Å²) in [5.74, 6) is 0. The van der Waals surface area contributed by atoms with Gasteiger partial charge in [0.15, 0.2) is 0 Å². The number of aromatic nitrogens is 2. The first-order valence-electron chi connectivity index (χ1n) is 5.70. The Morgan fingerprint density at radius 3 is 2.35 bits per heavy atom. The maximum Gasteiger partial charge on any atom is 0.0835 e. The van der Waals surface area contributed by atoms with Gasteiger partial charge in [-0.3, -0.25) is 0 Å². The van der Waals surface area contributed by atoms with Crippen LogP contribution < -0.4 is 0 Å². The summed E-state index contributed by atoms with van der Waals surface area (Å²) in [6.07, 6.45) is 1.78. The molecule has 0 saturated heterocycles. The zero-order valence-electron chi connectivity index (χ0n) is 10.7. The van der Waals surface area contributed by atoms with Crippen LogP contribution >= 0.6 is 11.6 Å². The largest absolute Gasteiger partial charge is 0.237 e. The molecular weight excluding hydrogens is 232 g/mol. The second-order valence-corrected chi connectivity index (χ2v) is 5.71. The first-order chi connectivity index (χ1) is 7.89. The van der Waals surface area contributed by atoms with Crippen molar-refractivity contribution in [2.75, 3.05) is 0 Å². The second-order valence-electron chi connectivity index (χ2n) is 5.30. The normalized spacial score (nSPS) is 11.8. The first-order valence-corrected chi connectivity index (χ1v) is 6.08. The zero-order valence-corrected chi connectivity index (χ0v) is 11.4. The Hall–Kier alpha value is -1.28. The minimum Gasteiger partial charge on any atom is -0.237 e. The van der Waals surface area contributed by atoms with E-state index >= 15 is 0 Å². The minimum atomic E-state index is 0.112. The number of hydrogen-bond donors (Lipinski definition) is 0. The van der Waals surface area contributed by atoms with E-state index in [0.717, 1.165) is 16.4 Å². The Bertz CT molecular complexity index is 535. The van der Waals surface area contributed by atoms with Gasteiger partial charge in [-0.05, 0) is 36.1 Å². The third kappa shape index (κ3) is 2.37. The van der Waals surface area contributed by atoms with Gasteiger partial charge in [0.25, 0.3) is 0 Å². The van der Waals surface area contributed by atoms with E-state index in [1.807, 2.05) is 29.8 Å². The summed E-state index contributed by atoms with van der Waals surface area (Å²) < 4.78 is 1.86. The fourth-order valence-electron chi connectivity index (χ4n) is 1.77. The van der Waals surface area contributed by atoms with Crippen molar-refractivity contribution in [1.29, 1.82) is 0 Å². The van der Waals surface area contributed by atoms with Gasteiger partial charge in [0.2, 0.25) is 0 Å². The van der Waals surface area contributed by atoms with E-state index in [0.29, 0.717) is 0 Å². The molecule has 0 fully saturated rings. The molecular formula is C14H17ClN2. The fraction of sp³-hybridized carbons (Fsp3) is 0.357. The number of halogens is 1. The highest BCUT2D eigenvalue weighted by molar-refractivity contribution is 6.32. The van der Waals surface area contributed by atoms with Crippen molar-refractivity contribution >= 4 is 11.6 Å². The highest BCUT2D eigenvalue weighted by Crippen LogP contribution is 2.29. The van der Waals surface area contributed by atoms with Gasteiger partial charge in [-0.1, -0.05) is 38.4 Å².